The zero-order valence-corrected chi connectivity index (χ0v) is 12.9. The van der Waals surface area contributed by atoms with Crippen LogP contribution in [0, 0.1) is 0 Å². The van der Waals surface area contributed by atoms with Crippen molar-refractivity contribution >= 4 is 15.7 Å². The van der Waals surface area contributed by atoms with Crippen molar-refractivity contribution in [3.63, 3.8) is 0 Å². The summed E-state index contributed by atoms with van der Waals surface area (Å²) in [6.07, 6.45) is 1.90. The first kappa shape index (κ1) is 15.3. The summed E-state index contributed by atoms with van der Waals surface area (Å²) < 4.78 is 26.7. The first-order valence-electron chi connectivity index (χ1n) is 7.06. The van der Waals surface area contributed by atoms with Crippen molar-refractivity contribution in [1.29, 1.82) is 0 Å². The number of hydrogen-bond donors (Lipinski definition) is 2. The lowest BCUT2D eigenvalue weighted by Gasteiger charge is -2.14. The molecule has 5 nitrogen and oxygen atoms in total. The van der Waals surface area contributed by atoms with Gasteiger partial charge in [0.05, 0.1) is 4.90 Å². The van der Waals surface area contributed by atoms with Gasteiger partial charge in [-0.05, 0) is 50.7 Å². The van der Waals surface area contributed by atoms with E-state index < -0.39 is 10.0 Å². The quantitative estimate of drug-likeness (QED) is 0.763. The highest BCUT2D eigenvalue weighted by atomic mass is 32.2. The first-order valence-corrected chi connectivity index (χ1v) is 8.54. The molecular weight excluding hydrogens is 274 g/mol. The van der Waals surface area contributed by atoms with Crippen LogP contribution in [0.3, 0.4) is 0 Å². The molecule has 0 spiro atoms. The minimum Gasteiger partial charge on any atom is -0.384 e. The van der Waals surface area contributed by atoms with Crippen molar-refractivity contribution in [2.24, 2.45) is 0 Å². The van der Waals surface area contributed by atoms with E-state index in [-0.39, 0.29) is 6.04 Å². The molecule has 2 N–H and O–H groups in total. The fourth-order valence-corrected chi connectivity index (χ4v) is 3.09. The van der Waals surface area contributed by atoms with Crippen LogP contribution in [0.15, 0.2) is 29.2 Å². The number of hydrogen-bond acceptors (Lipinski definition) is 4. The van der Waals surface area contributed by atoms with Gasteiger partial charge in [-0.15, -0.1) is 0 Å². The second-order valence-corrected chi connectivity index (χ2v) is 6.96. The molecule has 2 rings (SSSR count). The number of rotatable bonds is 8. The van der Waals surface area contributed by atoms with Gasteiger partial charge < -0.3 is 10.2 Å². The SMILES string of the molecule is CCN(C)CCNc1ccc(S(=O)(=O)NC2CC2)cc1. The summed E-state index contributed by atoms with van der Waals surface area (Å²) in [6, 6.07) is 7.07. The molecular formula is C14H23N3O2S. The summed E-state index contributed by atoms with van der Waals surface area (Å²) in [5.41, 5.74) is 0.944. The van der Waals surface area contributed by atoms with E-state index in [0.717, 1.165) is 38.2 Å². The van der Waals surface area contributed by atoms with Crippen LogP contribution in [0.1, 0.15) is 19.8 Å². The smallest absolute Gasteiger partial charge is 0.240 e. The molecule has 0 aliphatic heterocycles. The van der Waals surface area contributed by atoms with Crippen molar-refractivity contribution in [2.45, 2.75) is 30.7 Å². The predicted molar refractivity (Wildman–Crippen MR) is 81.4 cm³/mol. The number of anilines is 1. The van der Waals surface area contributed by atoms with Crippen molar-refractivity contribution < 1.29 is 8.42 Å². The fourth-order valence-electron chi connectivity index (χ4n) is 1.79. The summed E-state index contributed by atoms with van der Waals surface area (Å²) in [6.45, 7) is 4.94. The van der Waals surface area contributed by atoms with E-state index in [2.05, 4.69) is 28.9 Å². The van der Waals surface area contributed by atoms with Crippen LogP contribution in [0.4, 0.5) is 5.69 Å². The topological polar surface area (TPSA) is 61.4 Å². The van der Waals surface area contributed by atoms with Gasteiger partial charge in [0.15, 0.2) is 0 Å². The van der Waals surface area contributed by atoms with Crippen LogP contribution in [0.5, 0.6) is 0 Å². The van der Waals surface area contributed by atoms with Gasteiger partial charge in [0.1, 0.15) is 0 Å². The molecule has 0 unspecified atom stereocenters. The van der Waals surface area contributed by atoms with E-state index >= 15 is 0 Å². The molecule has 0 heterocycles. The van der Waals surface area contributed by atoms with Gasteiger partial charge in [-0.3, -0.25) is 0 Å². The van der Waals surface area contributed by atoms with E-state index in [9.17, 15) is 8.42 Å². The van der Waals surface area contributed by atoms with Crippen LogP contribution >= 0.6 is 0 Å². The highest BCUT2D eigenvalue weighted by molar-refractivity contribution is 7.89. The van der Waals surface area contributed by atoms with Crippen molar-refractivity contribution in [3.8, 4) is 0 Å². The molecule has 0 atom stereocenters. The Morgan fingerprint density at radius 1 is 1.25 bits per heavy atom. The van der Waals surface area contributed by atoms with Crippen LogP contribution < -0.4 is 10.0 Å². The monoisotopic (exact) mass is 297 g/mol. The molecule has 0 radical (unpaired) electrons. The lowest BCUT2D eigenvalue weighted by Crippen LogP contribution is -2.26. The average molecular weight is 297 g/mol. The lowest BCUT2D eigenvalue weighted by atomic mass is 10.3. The summed E-state index contributed by atoms with van der Waals surface area (Å²) in [5, 5.41) is 3.28. The van der Waals surface area contributed by atoms with Gasteiger partial charge >= 0.3 is 0 Å². The summed E-state index contributed by atoms with van der Waals surface area (Å²) in [4.78, 5) is 2.55. The van der Waals surface area contributed by atoms with Gasteiger partial charge in [0.25, 0.3) is 0 Å². The first-order chi connectivity index (χ1) is 9.51. The molecule has 1 fully saturated rings. The maximum atomic E-state index is 12.0. The second kappa shape index (κ2) is 6.56. The molecule has 0 amide bonds. The van der Waals surface area contributed by atoms with E-state index in [1.165, 1.54) is 0 Å². The van der Waals surface area contributed by atoms with Gasteiger partial charge in [0, 0.05) is 24.8 Å². The minimum absolute atomic E-state index is 0.141. The second-order valence-electron chi connectivity index (χ2n) is 5.24. The van der Waals surface area contributed by atoms with Gasteiger partial charge in [-0.1, -0.05) is 6.92 Å². The molecule has 1 aliphatic carbocycles. The standard InChI is InChI=1S/C14H23N3O2S/c1-3-17(2)11-10-15-12-6-8-14(9-7-12)20(18,19)16-13-4-5-13/h6-9,13,15-16H,3-5,10-11H2,1-2H3. The summed E-state index contributed by atoms with van der Waals surface area (Å²) >= 11 is 0. The number of nitrogens with one attached hydrogen (secondary N) is 2. The third kappa shape index (κ3) is 4.47. The summed E-state index contributed by atoms with van der Waals surface area (Å²) in [5.74, 6) is 0. The number of nitrogens with zero attached hydrogens (tertiary/aromatic N) is 1. The Kier molecular flexibility index (Phi) is 5.01. The molecule has 0 saturated heterocycles. The van der Waals surface area contributed by atoms with Crippen LogP contribution in [0.25, 0.3) is 0 Å². The van der Waals surface area contributed by atoms with E-state index in [1.807, 2.05) is 12.1 Å². The molecule has 6 heteroatoms. The van der Waals surface area contributed by atoms with Gasteiger partial charge in [0.2, 0.25) is 10.0 Å². The number of benzene rings is 1. The Hall–Kier alpha value is -1.11. The lowest BCUT2D eigenvalue weighted by molar-refractivity contribution is 0.367. The zero-order chi connectivity index (χ0) is 14.6. The molecule has 1 aromatic rings. The Morgan fingerprint density at radius 3 is 2.45 bits per heavy atom. The Morgan fingerprint density at radius 2 is 1.90 bits per heavy atom. The summed E-state index contributed by atoms with van der Waals surface area (Å²) in [7, 11) is -1.27. The Balaban J connectivity index is 1.89. The Labute approximate surface area is 121 Å². The van der Waals surface area contributed by atoms with Crippen molar-refractivity contribution in [1.82, 2.24) is 9.62 Å². The molecule has 112 valence electrons. The average Bonchev–Trinajstić information content (AvgIpc) is 3.22. The van der Waals surface area contributed by atoms with Crippen molar-refractivity contribution in [2.75, 3.05) is 32.0 Å². The van der Waals surface area contributed by atoms with Crippen LogP contribution in [0.2, 0.25) is 0 Å². The predicted octanol–water partition coefficient (Wildman–Crippen LogP) is 1.49. The zero-order valence-electron chi connectivity index (χ0n) is 12.1. The van der Waals surface area contributed by atoms with Crippen molar-refractivity contribution in [3.05, 3.63) is 24.3 Å². The van der Waals surface area contributed by atoms with E-state index in [4.69, 9.17) is 0 Å². The van der Waals surface area contributed by atoms with Crippen LogP contribution in [-0.2, 0) is 10.0 Å². The van der Waals surface area contributed by atoms with E-state index in [1.54, 1.807) is 12.1 Å². The minimum atomic E-state index is -3.34. The largest absolute Gasteiger partial charge is 0.384 e. The maximum absolute atomic E-state index is 12.0. The Bertz CT molecular complexity index is 524. The fraction of sp³-hybridized carbons (Fsp3) is 0.571. The van der Waals surface area contributed by atoms with Crippen LogP contribution in [-0.4, -0.2) is 46.0 Å². The maximum Gasteiger partial charge on any atom is 0.240 e. The third-order valence-electron chi connectivity index (χ3n) is 3.43. The molecule has 0 bridgehead atoms. The number of likely N-dealkylation sites (N-methyl/N-ethyl adjacent to an activating group) is 1. The highest BCUT2D eigenvalue weighted by Crippen LogP contribution is 2.22. The third-order valence-corrected chi connectivity index (χ3v) is 4.96. The van der Waals surface area contributed by atoms with Gasteiger partial charge in [-0.25, -0.2) is 13.1 Å². The molecule has 0 aromatic heterocycles. The molecule has 1 saturated carbocycles. The molecule has 20 heavy (non-hydrogen) atoms. The normalized spacial score (nSPS) is 15.6. The highest BCUT2D eigenvalue weighted by Gasteiger charge is 2.27. The number of sulfonamides is 1. The molecule has 1 aliphatic rings. The van der Waals surface area contributed by atoms with Gasteiger partial charge in [-0.2, -0.15) is 0 Å². The molecule has 1 aromatic carbocycles. The van der Waals surface area contributed by atoms with E-state index in [0.29, 0.717) is 4.90 Å².